The van der Waals surface area contributed by atoms with Gasteiger partial charge in [0, 0.05) is 56.9 Å². The van der Waals surface area contributed by atoms with Crippen LogP contribution in [0.1, 0.15) is 12.8 Å². The van der Waals surface area contributed by atoms with E-state index in [1.165, 1.54) is 6.08 Å². The number of hydrogen-bond donors (Lipinski definition) is 0. The van der Waals surface area contributed by atoms with E-state index in [9.17, 15) is 9.59 Å². The molecule has 0 unspecified atom stereocenters. The van der Waals surface area contributed by atoms with Gasteiger partial charge in [-0.25, -0.2) is 0 Å². The molecule has 0 aliphatic carbocycles. The summed E-state index contributed by atoms with van der Waals surface area (Å²) in [4.78, 5) is 30.5. The maximum Gasteiger partial charge on any atom is 0.245 e. The van der Waals surface area contributed by atoms with Crippen LogP contribution in [0.3, 0.4) is 0 Å². The van der Waals surface area contributed by atoms with E-state index in [2.05, 4.69) is 17.5 Å². The van der Waals surface area contributed by atoms with Gasteiger partial charge in [0.2, 0.25) is 11.8 Å². The van der Waals surface area contributed by atoms with Crippen molar-refractivity contribution >= 4 is 17.5 Å². The first-order valence-corrected chi connectivity index (χ1v) is 9.21. The van der Waals surface area contributed by atoms with E-state index in [0.717, 1.165) is 50.5 Å². The highest BCUT2D eigenvalue weighted by Crippen LogP contribution is 2.24. The molecule has 0 N–H and O–H groups in total. The number of anilines is 1. The van der Waals surface area contributed by atoms with Crippen LogP contribution < -0.4 is 9.64 Å². The Bertz CT molecular complexity index is 660. The minimum Gasteiger partial charge on any atom is -0.497 e. The number of nitrogens with zero attached hydrogens (tertiary/aromatic N) is 3. The summed E-state index contributed by atoms with van der Waals surface area (Å²) in [5.74, 6) is 1.08. The zero-order chi connectivity index (χ0) is 18.5. The van der Waals surface area contributed by atoms with E-state index in [0.29, 0.717) is 13.1 Å². The molecular weight excluding hydrogens is 330 g/mol. The number of carbonyl (C=O) groups is 2. The highest BCUT2D eigenvalue weighted by Gasteiger charge is 2.31. The largest absolute Gasteiger partial charge is 0.497 e. The average molecular weight is 357 g/mol. The van der Waals surface area contributed by atoms with Gasteiger partial charge in [0.15, 0.2) is 0 Å². The first-order valence-electron chi connectivity index (χ1n) is 9.21. The molecule has 2 saturated heterocycles. The molecule has 0 radical (unpaired) electrons. The van der Waals surface area contributed by atoms with Crippen molar-refractivity contribution in [3.05, 3.63) is 36.9 Å². The number of piperidine rings is 1. The Morgan fingerprint density at radius 2 is 1.77 bits per heavy atom. The summed E-state index contributed by atoms with van der Waals surface area (Å²) in [7, 11) is 1.67. The molecule has 0 atom stereocenters. The van der Waals surface area contributed by atoms with Gasteiger partial charge in [-0.05, 0) is 31.1 Å². The van der Waals surface area contributed by atoms with Crippen LogP contribution in [0, 0.1) is 5.92 Å². The first kappa shape index (κ1) is 18.3. The van der Waals surface area contributed by atoms with Gasteiger partial charge in [-0.1, -0.05) is 12.6 Å². The molecular formula is C20H27N3O3. The normalized spacial score (nSPS) is 18.6. The molecule has 0 aromatic heterocycles. The summed E-state index contributed by atoms with van der Waals surface area (Å²) >= 11 is 0. The summed E-state index contributed by atoms with van der Waals surface area (Å²) < 4.78 is 5.29. The summed E-state index contributed by atoms with van der Waals surface area (Å²) in [6.07, 6.45) is 2.84. The van der Waals surface area contributed by atoms with Crippen molar-refractivity contribution in [2.24, 2.45) is 5.92 Å². The molecule has 3 rings (SSSR count). The molecule has 0 bridgehead atoms. The van der Waals surface area contributed by atoms with Gasteiger partial charge in [-0.3, -0.25) is 9.59 Å². The van der Waals surface area contributed by atoms with E-state index in [-0.39, 0.29) is 17.7 Å². The van der Waals surface area contributed by atoms with Gasteiger partial charge >= 0.3 is 0 Å². The fourth-order valence-corrected chi connectivity index (χ4v) is 3.73. The predicted octanol–water partition coefficient (Wildman–Crippen LogP) is 1.77. The van der Waals surface area contributed by atoms with Gasteiger partial charge in [-0.2, -0.15) is 0 Å². The van der Waals surface area contributed by atoms with Crippen LogP contribution >= 0.6 is 0 Å². The maximum atomic E-state index is 12.8. The number of benzene rings is 1. The molecule has 2 heterocycles. The average Bonchev–Trinajstić information content (AvgIpc) is 2.73. The number of rotatable bonds is 4. The van der Waals surface area contributed by atoms with E-state index in [4.69, 9.17) is 4.74 Å². The SMILES string of the molecule is C=CC(=O)N1CCC(C(=O)N2CCN(c3cccc(OC)c3)CC2)CC1. The predicted molar refractivity (Wildman–Crippen MR) is 101 cm³/mol. The molecule has 26 heavy (non-hydrogen) atoms. The molecule has 0 saturated carbocycles. The first-order chi connectivity index (χ1) is 12.6. The van der Waals surface area contributed by atoms with Crippen molar-refractivity contribution in [2.45, 2.75) is 12.8 Å². The van der Waals surface area contributed by atoms with Crippen LogP contribution in [-0.4, -0.2) is 68.0 Å². The third-order valence-electron chi connectivity index (χ3n) is 5.34. The second kappa shape index (κ2) is 8.25. The van der Waals surface area contributed by atoms with E-state index in [1.54, 1.807) is 12.0 Å². The van der Waals surface area contributed by atoms with Gasteiger partial charge < -0.3 is 19.4 Å². The highest BCUT2D eigenvalue weighted by atomic mass is 16.5. The minimum atomic E-state index is -0.0391. The monoisotopic (exact) mass is 357 g/mol. The third kappa shape index (κ3) is 4.00. The van der Waals surface area contributed by atoms with Crippen molar-refractivity contribution in [1.82, 2.24) is 9.80 Å². The van der Waals surface area contributed by atoms with Gasteiger partial charge in [-0.15, -0.1) is 0 Å². The lowest BCUT2D eigenvalue weighted by molar-refractivity contribution is -0.139. The fraction of sp³-hybridized carbons (Fsp3) is 0.500. The van der Waals surface area contributed by atoms with Gasteiger partial charge in [0.25, 0.3) is 0 Å². The summed E-state index contributed by atoms with van der Waals surface area (Å²) in [5, 5.41) is 0. The number of piperazine rings is 1. The van der Waals surface area contributed by atoms with E-state index < -0.39 is 0 Å². The highest BCUT2D eigenvalue weighted by molar-refractivity contribution is 5.87. The van der Waals surface area contributed by atoms with Gasteiger partial charge in [0.1, 0.15) is 5.75 Å². The molecule has 6 nitrogen and oxygen atoms in total. The molecule has 6 heteroatoms. The Hall–Kier alpha value is -2.50. The zero-order valence-electron chi connectivity index (χ0n) is 15.4. The summed E-state index contributed by atoms with van der Waals surface area (Å²) in [6, 6.07) is 8.03. The Morgan fingerprint density at radius 3 is 2.38 bits per heavy atom. The molecule has 140 valence electrons. The van der Waals surface area contributed by atoms with Crippen molar-refractivity contribution in [3.63, 3.8) is 0 Å². The second-order valence-corrected chi connectivity index (χ2v) is 6.82. The van der Waals surface area contributed by atoms with E-state index >= 15 is 0 Å². The lowest BCUT2D eigenvalue weighted by Gasteiger charge is -2.39. The van der Waals surface area contributed by atoms with Crippen LogP contribution in [0.2, 0.25) is 0 Å². The Kier molecular flexibility index (Phi) is 5.81. The van der Waals surface area contributed by atoms with Crippen LogP contribution in [-0.2, 0) is 9.59 Å². The van der Waals surface area contributed by atoms with Gasteiger partial charge in [0.05, 0.1) is 7.11 Å². The number of carbonyl (C=O) groups excluding carboxylic acids is 2. The Labute approximate surface area is 155 Å². The molecule has 2 amide bonds. The zero-order valence-corrected chi connectivity index (χ0v) is 15.4. The number of methoxy groups -OCH3 is 1. The lowest BCUT2D eigenvalue weighted by Crippen LogP contribution is -2.52. The Balaban J connectivity index is 1.51. The summed E-state index contributed by atoms with van der Waals surface area (Å²) in [5.41, 5.74) is 1.13. The molecule has 1 aromatic rings. The smallest absolute Gasteiger partial charge is 0.245 e. The van der Waals surface area contributed by atoms with Crippen LogP contribution in [0.25, 0.3) is 0 Å². The molecule has 2 aliphatic heterocycles. The quantitative estimate of drug-likeness (QED) is 0.771. The number of likely N-dealkylation sites (tertiary alicyclic amines) is 1. The molecule has 0 spiro atoms. The molecule has 2 fully saturated rings. The van der Waals surface area contributed by atoms with Crippen molar-refractivity contribution in [2.75, 3.05) is 51.3 Å². The third-order valence-corrected chi connectivity index (χ3v) is 5.34. The van der Waals surface area contributed by atoms with Crippen molar-refractivity contribution in [3.8, 4) is 5.75 Å². The standard InChI is InChI=1S/C20H27N3O3/c1-3-19(24)22-9-7-16(8-10-22)20(25)23-13-11-21(12-14-23)17-5-4-6-18(15-17)26-2/h3-6,15-16H,1,7-14H2,2H3. The number of amides is 2. The van der Waals surface area contributed by atoms with Crippen molar-refractivity contribution in [1.29, 1.82) is 0 Å². The number of hydrogen-bond acceptors (Lipinski definition) is 4. The minimum absolute atomic E-state index is 0.0345. The van der Waals surface area contributed by atoms with Crippen LogP contribution in [0.5, 0.6) is 5.75 Å². The second-order valence-electron chi connectivity index (χ2n) is 6.82. The number of ether oxygens (including phenoxy) is 1. The van der Waals surface area contributed by atoms with Crippen LogP contribution in [0.4, 0.5) is 5.69 Å². The van der Waals surface area contributed by atoms with Crippen LogP contribution in [0.15, 0.2) is 36.9 Å². The maximum absolute atomic E-state index is 12.8. The molecule has 2 aliphatic rings. The summed E-state index contributed by atoms with van der Waals surface area (Å²) in [6.45, 7) is 7.94. The van der Waals surface area contributed by atoms with Crippen molar-refractivity contribution < 1.29 is 14.3 Å². The lowest BCUT2D eigenvalue weighted by atomic mass is 9.95. The Morgan fingerprint density at radius 1 is 1.08 bits per heavy atom. The molecule has 1 aromatic carbocycles. The van der Waals surface area contributed by atoms with E-state index in [1.807, 2.05) is 23.1 Å². The fourth-order valence-electron chi connectivity index (χ4n) is 3.73. The topological polar surface area (TPSA) is 53.1 Å².